The molecule has 0 aromatic carbocycles. The quantitative estimate of drug-likeness (QED) is 0.480. The number of carbonyl (C=O) groups is 2. The van der Waals surface area contributed by atoms with E-state index in [1.165, 1.54) is 6.92 Å². The molecule has 0 amide bonds. The van der Waals surface area contributed by atoms with Crippen LogP contribution in [0.4, 0.5) is 0 Å². The van der Waals surface area contributed by atoms with Crippen molar-refractivity contribution >= 4 is 11.9 Å². The van der Waals surface area contributed by atoms with Crippen molar-refractivity contribution in [1.29, 1.82) is 0 Å². The van der Waals surface area contributed by atoms with E-state index in [9.17, 15) is 9.59 Å². The third kappa shape index (κ3) is 2.40. The van der Waals surface area contributed by atoms with E-state index in [0.29, 0.717) is 32.7 Å². The van der Waals surface area contributed by atoms with Crippen LogP contribution in [-0.4, -0.2) is 68.1 Å². The van der Waals surface area contributed by atoms with E-state index in [1.54, 1.807) is 7.11 Å². The summed E-state index contributed by atoms with van der Waals surface area (Å²) in [5.74, 6) is -0.642. The molecular formula is C23H32O8. The van der Waals surface area contributed by atoms with E-state index in [-0.39, 0.29) is 30.3 Å². The Kier molecular flexibility index (Phi) is 4.09. The summed E-state index contributed by atoms with van der Waals surface area (Å²) in [5.41, 5.74) is -2.66. The Morgan fingerprint density at radius 1 is 1.10 bits per heavy atom. The zero-order chi connectivity index (χ0) is 21.7. The first-order valence-corrected chi connectivity index (χ1v) is 11.6. The van der Waals surface area contributed by atoms with Crippen LogP contribution in [0.15, 0.2) is 0 Å². The lowest BCUT2D eigenvalue weighted by Crippen LogP contribution is -2.76. The van der Waals surface area contributed by atoms with Gasteiger partial charge in [0.05, 0.1) is 24.2 Å². The van der Waals surface area contributed by atoms with Crippen molar-refractivity contribution in [3.8, 4) is 0 Å². The SMILES string of the molecule is CO[C@H]1C[C@@]2(CC[C@@]3(O2)[C@]2(CO2)C[C@@H](OC(C)=O)[C@@H]2[C@]34CCC[C@]2(C)C(=O)OC4)CO1. The molecule has 0 aromatic heterocycles. The van der Waals surface area contributed by atoms with E-state index in [4.69, 9.17) is 28.4 Å². The molecule has 2 bridgehead atoms. The van der Waals surface area contributed by atoms with Crippen LogP contribution in [0.2, 0.25) is 0 Å². The second-order valence-corrected chi connectivity index (χ2v) is 10.9. The molecule has 4 saturated heterocycles. The van der Waals surface area contributed by atoms with Gasteiger partial charge in [-0.25, -0.2) is 0 Å². The summed E-state index contributed by atoms with van der Waals surface area (Å²) in [6.07, 6.45) is 4.81. The molecule has 2 aliphatic carbocycles. The summed E-state index contributed by atoms with van der Waals surface area (Å²) in [6.45, 7) is 4.80. The Balaban J connectivity index is 1.47. The van der Waals surface area contributed by atoms with Gasteiger partial charge in [-0.15, -0.1) is 0 Å². The molecular weight excluding hydrogens is 404 g/mol. The predicted molar refractivity (Wildman–Crippen MR) is 105 cm³/mol. The first kappa shape index (κ1) is 20.4. The van der Waals surface area contributed by atoms with Gasteiger partial charge in [-0.3, -0.25) is 9.59 Å². The molecule has 8 heteroatoms. The molecule has 6 fully saturated rings. The molecule has 6 aliphatic rings. The van der Waals surface area contributed by atoms with Crippen LogP contribution in [-0.2, 0) is 38.0 Å². The largest absolute Gasteiger partial charge is 0.465 e. The Labute approximate surface area is 182 Å². The fourth-order valence-corrected chi connectivity index (χ4v) is 8.21. The van der Waals surface area contributed by atoms with Crippen molar-refractivity contribution in [2.45, 2.75) is 88.0 Å². The Morgan fingerprint density at radius 2 is 1.90 bits per heavy atom. The highest BCUT2D eigenvalue weighted by Crippen LogP contribution is 2.74. The number of hydrogen-bond donors (Lipinski definition) is 0. The summed E-state index contributed by atoms with van der Waals surface area (Å²) < 4.78 is 36.5. The summed E-state index contributed by atoms with van der Waals surface area (Å²) in [5, 5.41) is 0. The van der Waals surface area contributed by atoms with Crippen molar-refractivity contribution < 1.29 is 38.0 Å². The number of cyclic esters (lactones) is 1. The third-order valence-electron chi connectivity index (χ3n) is 9.44. The lowest BCUT2D eigenvalue weighted by atomic mass is 9.41. The monoisotopic (exact) mass is 436 g/mol. The van der Waals surface area contributed by atoms with Crippen LogP contribution >= 0.6 is 0 Å². The maximum Gasteiger partial charge on any atom is 0.312 e. The van der Waals surface area contributed by atoms with Gasteiger partial charge in [0.15, 0.2) is 6.29 Å². The molecule has 3 spiro atoms. The number of ether oxygens (including phenoxy) is 6. The second kappa shape index (κ2) is 6.22. The summed E-state index contributed by atoms with van der Waals surface area (Å²) in [4.78, 5) is 25.1. The molecule has 0 unspecified atom stereocenters. The Morgan fingerprint density at radius 3 is 2.58 bits per heavy atom. The number of esters is 2. The number of fused-ring (bicyclic) bond motifs is 1. The fourth-order valence-electron chi connectivity index (χ4n) is 8.21. The van der Waals surface area contributed by atoms with E-state index in [1.807, 2.05) is 6.92 Å². The van der Waals surface area contributed by atoms with E-state index in [0.717, 1.165) is 32.1 Å². The van der Waals surface area contributed by atoms with Crippen LogP contribution in [0, 0.1) is 16.7 Å². The van der Waals surface area contributed by atoms with E-state index >= 15 is 0 Å². The molecule has 8 nitrogen and oxygen atoms in total. The lowest BCUT2D eigenvalue weighted by Gasteiger charge is -2.67. The molecule has 0 radical (unpaired) electrons. The zero-order valence-corrected chi connectivity index (χ0v) is 18.6. The number of rotatable bonds is 2. The molecule has 172 valence electrons. The predicted octanol–water partition coefficient (Wildman–Crippen LogP) is 2.12. The van der Waals surface area contributed by atoms with E-state index < -0.39 is 27.6 Å². The standard InChI is InChI=1S/C23H32O8/c1-14(24)30-15-9-22(13-29-22)23(8-7-20(31-23)10-16(26-3)27-11-20)21-6-4-5-19(2,17(15)21)18(25)28-12-21/h15-17H,4-13H2,1-3H3/t15-,16-,17+,19+,20+,21-,22-,23+/m1/s1. The number of epoxide rings is 1. The first-order valence-electron chi connectivity index (χ1n) is 11.6. The zero-order valence-electron chi connectivity index (χ0n) is 18.6. The van der Waals surface area contributed by atoms with Gasteiger partial charge in [0.2, 0.25) is 0 Å². The summed E-state index contributed by atoms with van der Waals surface area (Å²) in [6, 6.07) is 0. The highest BCUT2D eigenvalue weighted by atomic mass is 16.7. The van der Waals surface area contributed by atoms with Crippen molar-refractivity contribution in [3.63, 3.8) is 0 Å². The van der Waals surface area contributed by atoms with Crippen LogP contribution in [0.1, 0.15) is 58.8 Å². The molecule has 0 aromatic rings. The summed E-state index contributed by atoms with van der Waals surface area (Å²) >= 11 is 0. The van der Waals surface area contributed by atoms with Gasteiger partial charge in [-0.2, -0.15) is 0 Å². The molecule has 31 heavy (non-hydrogen) atoms. The van der Waals surface area contributed by atoms with Gasteiger partial charge in [0.1, 0.15) is 23.9 Å². The van der Waals surface area contributed by atoms with Crippen LogP contribution in [0.3, 0.4) is 0 Å². The molecule has 8 atom stereocenters. The number of hydrogen-bond acceptors (Lipinski definition) is 8. The van der Waals surface area contributed by atoms with Gasteiger partial charge in [0.25, 0.3) is 0 Å². The number of carbonyl (C=O) groups excluding carboxylic acids is 2. The third-order valence-corrected chi connectivity index (χ3v) is 9.44. The van der Waals surface area contributed by atoms with Gasteiger partial charge in [-0.05, 0) is 32.6 Å². The van der Waals surface area contributed by atoms with Crippen molar-refractivity contribution in [1.82, 2.24) is 0 Å². The van der Waals surface area contributed by atoms with Crippen LogP contribution in [0.5, 0.6) is 0 Å². The van der Waals surface area contributed by atoms with Gasteiger partial charge < -0.3 is 28.4 Å². The summed E-state index contributed by atoms with van der Waals surface area (Å²) in [7, 11) is 1.66. The van der Waals surface area contributed by atoms with Crippen LogP contribution < -0.4 is 0 Å². The van der Waals surface area contributed by atoms with Crippen molar-refractivity contribution in [2.24, 2.45) is 16.7 Å². The maximum absolute atomic E-state index is 13.0. The minimum absolute atomic E-state index is 0.149. The molecule has 4 aliphatic heterocycles. The number of methoxy groups -OCH3 is 1. The fraction of sp³-hybridized carbons (Fsp3) is 0.913. The first-order chi connectivity index (χ1) is 14.7. The highest BCUT2D eigenvalue weighted by molar-refractivity contribution is 5.79. The minimum atomic E-state index is -0.694. The normalized spacial score (nSPS) is 54.8. The Bertz CT molecular complexity index is 824. The Hall–Kier alpha value is -1.22. The molecule has 2 saturated carbocycles. The van der Waals surface area contributed by atoms with Crippen molar-refractivity contribution in [3.05, 3.63) is 0 Å². The average molecular weight is 437 g/mol. The van der Waals surface area contributed by atoms with E-state index in [2.05, 4.69) is 0 Å². The molecule has 4 heterocycles. The average Bonchev–Trinajstić information content (AvgIpc) is 3.23. The minimum Gasteiger partial charge on any atom is -0.465 e. The lowest BCUT2D eigenvalue weighted by molar-refractivity contribution is -0.311. The van der Waals surface area contributed by atoms with Gasteiger partial charge >= 0.3 is 11.9 Å². The topological polar surface area (TPSA) is 92.8 Å². The molecule has 0 N–H and O–H groups in total. The smallest absolute Gasteiger partial charge is 0.312 e. The van der Waals surface area contributed by atoms with Gasteiger partial charge in [0, 0.05) is 38.2 Å². The highest BCUT2D eigenvalue weighted by Gasteiger charge is 2.84. The van der Waals surface area contributed by atoms with Crippen LogP contribution in [0.25, 0.3) is 0 Å². The second-order valence-electron chi connectivity index (χ2n) is 10.9. The van der Waals surface area contributed by atoms with Gasteiger partial charge in [-0.1, -0.05) is 6.42 Å². The maximum atomic E-state index is 13.0. The van der Waals surface area contributed by atoms with Crippen molar-refractivity contribution in [2.75, 3.05) is 26.9 Å². The molecule has 6 rings (SSSR count).